The Hall–Kier alpha value is -3.08. The number of carbonyl (C=O) groups is 1. The first-order chi connectivity index (χ1) is 13.5. The van der Waals surface area contributed by atoms with Crippen molar-refractivity contribution in [1.29, 1.82) is 0 Å². The summed E-state index contributed by atoms with van der Waals surface area (Å²) in [7, 11) is 0. The molecule has 0 saturated carbocycles. The van der Waals surface area contributed by atoms with Crippen molar-refractivity contribution >= 4 is 11.7 Å². The van der Waals surface area contributed by atoms with Gasteiger partial charge in [0.2, 0.25) is 5.91 Å². The first-order valence-electron chi connectivity index (χ1n) is 9.56. The number of hydrogen-bond acceptors (Lipinski definition) is 3. The highest BCUT2D eigenvalue weighted by Gasteiger charge is 2.23. The molecule has 0 radical (unpaired) electrons. The third-order valence-electron chi connectivity index (χ3n) is 4.82. The molecule has 28 heavy (non-hydrogen) atoms. The number of amides is 1. The van der Waals surface area contributed by atoms with E-state index in [0.29, 0.717) is 30.8 Å². The van der Waals surface area contributed by atoms with Gasteiger partial charge in [0.05, 0.1) is 11.4 Å². The highest BCUT2D eigenvalue weighted by molar-refractivity contribution is 5.94. The number of benzene rings is 2. The minimum Gasteiger partial charge on any atom is -0.309 e. The number of nitrogens with one attached hydrogen (secondary N) is 1. The van der Waals surface area contributed by atoms with Crippen LogP contribution in [-0.2, 0) is 17.6 Å². The zero-order valence-electron chi connectivity index (χ0n) is 16.0. The number of carbonyl (C=O) groups excluding carboxylic acids is 1. The van der Waals surface area contributed by atoms with Gasteiger partial charge in [-0.3, -0.25) is 4.79 Å². The molecule has 1 N–H and O–H groups in total. The van der Waals surface area contributed by atoms with Gasteiger partial charge < -0.3 is 5.32 Å². The Balaban J connectivity index is 1.83. The Kier molecular flexibility index (Phi) is 4.90. The van der Waals surface area contributed by atoms with E-state index in [9.17, 15) is 9.18 Å². The van der Waals surface area contributed by atoms with E-state index in [4.69, 9.17) is 9.97 Å². The number of rotatable bonds is 4. The van der Waals surface area contributed by atoms with Crippen LogP contribution >= 0.6 is 0 Å². The molecule has 5 heteroatoms. The van der Waals surface area contributed by atoms with Crippen LogP contribution in [0.25, 0.3) is 22.5 Å². The molecule has 1 aliphatic rings. The quantitative estimate of drug-likeness (QED) is 0.696. The molecule has 1 aliphatic carbocycles. The molecule has 1 aromatic heterocycles. The molecular formula is C23H22FN3O. The molecule has 0 saturated heterocycles. The lowest BCUT2D eigenvalue weighted by Crippen LogP contribution is -2.18. The average Bonchev–Trinajstić information content (AvgIpc) is 2.67. The summed E-state index contributed by atoms with van der Waals surface area (Å²) in [6, 6.07) is 14.5. The summed E-state index contributed by atoms with van der Waals surface area (Å²) in [5, 5.41) is 2.95. The molecule has 0 fully saturated rings. The third kappa shape index (κ3) is 3.65. The zero-order valence-corrected chi connectivity index (χ0v) is 16.0. The second kappa shape index (κ2) is 7.50. The highest BCUT2D eigenvalue weighted by atomic mass is 19.1. The van der Waals surface area contributed by atoms with Gasteiger partial charge in [0.15, 0.2) is 5.82 Å². The van der Waals surface area contributed by atoms with Crippen LogP contribution in [0.2, 0.25) is 0 Å². The Labute approximate surface area is 163 Å². The first-order valence-corrected chi connectivity index (χ1v) is 9.56. The summed E-state index contributed by atoms with van der Waals surface area (Å²) < 4.78 is 13.6. The van der Waals surface area contributed by atoms with E-state index in [1.54, 1.807) is 12.1 Å². The molecule has 4 nitrogen and oxygen atoms in total. The number of halogens is 1. The van der Waals surface area contributed by atoms with Gasteiger partial charge >= 0.3 is 0 Å². The van der Waals surface area contributed by atoms with E-state index in [0.717, 1.165) is 28.1 Å². The molecule has 1 heterocycles. The molecule has 1 amide bonds. The van der Waals surface area contributed by atoms with Gasteiger partial charge in [0.25, 0.3) is 0 Å². The van der Waals surface area contributed by atoms with Crippen molar-refractivity contribution in [1.82, 2.24) is 9.97 Å². The van der Waals surface area contributed by atoms with Crippen molar-refractivity contribution in [2.24, 2.45) is 5.92 Å². The van der Waals surface area contributed by atoms with E-state index in [1.807, 2.05) is 44.2 Å². The van der Waals surface area contributed by atoms with Crippen LogP contribution in [0, 0.1) is 11.7 Å². The largest absolute Gasteiger partial charge is 0.309 e. The Morgan fingerprint density at radius 2 is 1.86 bits per heavy atom. The van der Waals surface area contributed by atoms with Crippen molar-refractivity contribution in [2.45, 2.75) is 33.1 Å². The molecule has 0 spiro atoms. The molecular weight excluding hydrogens is 353 g/mol. The van der Waals surface area contributed by atoms with E-state index < -0.39 is 0 Å². The average molecular weight is 375 g/mol. The molecule has 0 atom stereocenters. The summed E-state index contributed by atoms with van der Waals surface area (Å²) >= 11 is 0. The SMILES string of the molecule is CC(C)CC(=O)Nc1nc2c(nc1-c1ccccc1)-c1ccc(F)cc1CC2. The van der Waals surface area contributed by atoms with Crippen LogP contribution in [0.5, 0.6) is 0 Å². The normalized spacial score (nSPS) is 12.4. The van der Waals surface area contributed by atoms with Crippen LogP contribution in [-0.4, -0.2) is 15.9 Å². The number of aromatic nitrogens is 2. The fourth-order valence-corrected chi connectivity index (χ4v) is 3.55. The fraction of sp³-hybridized carbons (Fsp3) is 0.261. The lowest BCUT2D eigenvalue weighted by Gasteiger charge is -2.21. The minimum absolute atomic E-state index is 0.0697. The topological polar surface area (TPSA) is 54.9 Å². The van der Waals surface area contributed by atoms with Gasteiger partial charge in [-0.15, -0.1) is 0 Å². The molecule has 0 bridgehead atoms. The van der Waals surface area contributed by atoms with Crippen molar-refractivity contribution in [3.63, 3.8) is 0 Å². The van der Waals surface area contributed by atoms with Crippen LogP contribution < -0.4 is 5.32 Å². The maximum atomic E-state index is 13.6. The second-order valence-electron chi connectivity index (χ2n) is 7.53. The predicted molar refractivity (Wildman–Crippen MR) is 108 cm³/mol. The number of nitrogens with zero attached hydrogens (tertiary/aromatic N) is 2. The van der Waals surface area contributed by atoms with E-state index in [-0.39, 0.29) is 17.6 Å². The molecule has 3 aromatic rings. The van der Waals surface area contributed by atoms with Gasteiger partial charge in [0, 0.05) is 17.5 Å². The second-order valence-corrected chi connectivity index (χ2v) is 7.53. The van der Waals surface area contributed by atoms with Crippen molar-refractivity contribution < 1.29 is 9.18 Å². The molecule has 4 rings (SSSR count). The van der Waals surface area contributed by atoms with Crippen LogP contribution in [0.1, 0.15) is 31.5 Å². The molecule has 0 aliphatic heterocycles. The molecule has 0 unspecified atom stereocenters. The monoisotopic (exact) mass is 375 g/mol. The number of hydrogen-bond donors (Lipinski definition) is 1. The van der Waals surface area contributed by atoms with Gasteiger partial charge in [-0.25, -0.2) is 14.4 Å². The third-order valence-corrected chi connectivity index (χ3v) is 4.82. The molecule has 142 valence electrons. The maximum Gasteiger partial charge on any atom is 0.225 e. The standard InChI is InChI=1S/C23H22FN3O/c1-14(2)12-20(28)26-23-21(15-6-4-3-5-7-15)27-22-18-10-9-17(24)13-16(18)8-11-19(22)25-23/h3-7,9-10,13-14H,8,11-12H2,1-2H3,(H,25,26,28). The first kappa shape index (κ1) is 18.3. The Bertz CT molecular complexity index is 1030. The summed E-state index contributed by atoms with van der Waals surface area (Å²) in [6.07, 6.45) is 1.80. The summed E-state index contributed by atoms with van der Waals surface area (Å²) in [6.45, 7) is 4.01. The maximum absolute atomic E-state index is 13.6. The summed E-state index contributed by atoms with van der Waals surface area (Å²) in [5.41, 5.74) is 4.96. The predicted octanol–water partition coefficient (Wildman–Crippen LogP) is 5.03. The lowest BCUT2D eigenvalue weighted by molar-refractivity contribution is -0.116. The number of anilines is 1. The van der Waals surface area contributed by atoms with Crippen LogP contribution in [0.15, 0.2) is 48.5 Å². The Morgan fingerprint density at radius 3 is 2.61 bits per heavy atom. The highest BCUT2D eigenvalue weighted by Crippen LogP contribution is 2.35. The Morgan fingerprint density at radius 1 is 1.07 bits per heavy atom. The van der Waals surface area contributed by atoms with E-state index >= 15 is 0 Å². The number of aryl methyl sites for hydroxylation is 2. The van der Waals surface area contributed by atoms with Crippen LogP contribution in [0.4, 0.5) is 10.2 Å². The van der Waals surface area contributed by atoms with E-state index in [2.05, 4.69) is 5.32 Å². The lowest BCUT2D eigenvalue weighted by atomic mass is 9.91. The van der Waals surface area contributed by atoms with Gasteiger partial charge in [-0.2, -0.15) is 0 Å². The number of fused-ring (bicyclic) bond motifs is 3. The zero-order chi connectivity index (χ0) is 19.7. The summed E-state index contributed by atoms with van der Waals surface area (Å²) in [4.78, 5) is 22.0. The molecule has 2 aromatic carbocycles. The van der Waals surface area contributed by atoms with Crippen molar-refractivity contribution in [3.8, 4) is 22.5 Å². The van der Waals surface area contributed by atoms with Crippen LogP contribution in [0.3, 0.4) is 0 Å². The van der Waals surface area contributed by atoms with E-state index in [1.165, 1.54) is 6.07 Å². The minimum atomic E-state index is -0.240. The smallest absolute Gasteiger partial charge is 0.225 e. The van der Waals surface area contributed by atoms with Crippen molar-refractivity contribution in [3.05, 3.63) is 65.6 Å². The summed E-state index contributed by atoms with van der Waals surface area (Å²) in [5.74, 6) is 0.435. The van der Waals surface area contributed by atoms with Gasteiger partial charge in [-0.05, 0) is 42.5 Å². The van der Waals surface area contributed by atoms with Crippen molar-refractivity contribution in [2.75, 3.05) is 5.32 Å². The fourth-order valence-electron chi connectivity index (χ4n) is 3.55. The van der Waals surface area contributed by atoms with Gasteiger partial charge in [0.1, 0.15) is 11.5 Å². The van der Waals surface area contributed by atoms with Gasteiger partial charge in [-0.1, -0.05) is 44.2 Å².